The van der Waals surface area contributed by atoms with Crippen LogP contribution in [0.3, 0.4) is 0 Å². The first-order valence-electron chi connectivity index (χ1n) is 11.2. The summed E-state index contributed by atoms with van der Waals surface area (Å²) in [6, 6.07) is 12.5. The number of esters is 2. The molecule has 9 nitrogen and oxygen atoms in total. The number of benzene rings is 1. The van der Waals surface area contributed by atoms with Gasteiger partial charge in [0.2, 0.25) is 5.91 Å². The number of carbonyl (C=O) groups excluding carboxylic acids is 4. The van der Waals surface area contributed by atoms with Gasteiger partial charge in [0.05, 0.1) is 25.0 Å². The number of hydrogen-bond acceptors (Lipinski definition) is 10. The molecule has 3 atom stereocenters. The van der Waals surface area contributed by atoms with Crippen LogP contribution >= 0.6 is 22.7 Å². The summed E-state index contributed by atoms with van der Waals surface area (Å²) in [5.74, 6) is -3.36. The highest BCUT2D eigenvalue weighted by Gasteiger charge is 2.61. The molecule has 1 aromatic carbocycles. The van der Waals surface area contributed by atoms with Crippen molar-refractivity contribution in [3.8, 4) is 0 Å². The average molecular weight is 527 g/mol. The second kappa shape index (κ2) is 9.49. The molecule has 11 heteroatoms. The molecule has 186 valence electrons. The summed E-state index contributed by atoms with van der Waals surface area (Å²) < 4.78 is 10.0. The van der Waals surface area contributed by atoms with Crippen molar-refractivity contribution in [2.45, 2.75) is 26.0 Å². The summed E-state index contributed by atoms with van der Waals surface area (Å²) in [7, 11) is 1.20. The van der Waals surface area contributed by atoms with Crippen LogP contribution in [0.25, 0.3) is 0 Å². The quantitative estimate of drug-likeness (QED) is 0.349. The molecule has 2 saturated heterocycles. The molecular weight excluding hydrogens is 504 g/mol. The molecule has 2 aromatic heterocycles. The predicted molar refractivity (Wildman–Crippen MR) is 133 cm³/mol. The van der Waals surface area contributed by atoms with E-state index in [1.54, 1.807) is 18.9 Å². The number of ether oxygens (including phenoxy) is 2. The van der Waals surface area contributed by atoms with Gasteiger partial charge in [0.15, 0.2) is 6.10 Å². The number of methoxy groups -OCH3 is 1. The molecule has 0 spiro atoms. The van der Waals surface area contributed by atoms with Crippen molar-refractivity contribution in [1.82, 2.24) is 0 Å². The molecule has 2 aliphatic heterocycles. The standard InChI is InChI=1S/C25H22N2O7S2/c1-4-33-25(31)20-13(2)16(24(30)32-3)23(36-20)26-21(28)17-18(15-11-8-12-35-15)27(34-19(17)22(26)29)14-9-6-5-7-10-14/h5-12,17-19H,4H2,1-3H3/t17-,18+,19-/m1/s1. The van der Waals surface area contributed by atoms with Crippen molar-refractivity contribution in [2.75, 3.05) is 23.7 Å². The summed E-state index contributed by atoms with van der Waals surface area (Å²) >= 11 is 2.32. The minimum atomic E-state index is -1.09. The second-order valence-corrected chi connectivity index (χ2v) is 10.1. The highest BCUT2D eigenvalue weighted by molar-refractivity contribution is 7.19. The van der Waals surface area contributed by atoms with Crippen LogP contribution in [0.1, 0.15) is 43.4 Å². The van der Waals surface area contributed by atoms with Crippen molar-refractivity contribution < 1.29 is 33.5 Å². The molecule has 0 bridgehead atoms. The number of fused-ring (bicyclic) bond motifs is 1. The van der Waals surface area contributed by atoms with Crippen molar-refractivity contribution in [3.63, 3.8) is 0 Å². The molecule has 3 aromatic rings. The van der Waals surface area contributed by atoms with E-state index in [0.717, 1.165) is 21.1 Å². The van der Waals surface area contributed by atoms with E-state index in [1.165, 1.54) is 18.4 Å². The molecule has 2 fully saturated rings. The SMILES string of the molecule is CCOC(=O)c1sc(N2C(=O)[C@H]3[C@@H](ON(c4ccccc4)[C@H]3c3cccs3)C2=O)c(C(=O)OC)c1C. The second-order valence-electron chi connectivity index (χ2n) is 8.13. The fourth-order valence-electron chi connectivity index (χ4n) is 4.55. The Labute approximate surface area is 214 Å². The van der Waals surface area contributed by atoms with Gasteiger partial charge in [-0.3, -0.25) is 14.4 Å². The van der Waals surface area contributed by atoms with Crippen LogP contribution in [0, 0.1) is 12.8 Å². The molecule has 0 N–H and O–H groups in total. The Kier molecular flexibility index (Phi) is 6.37. The maximum absolute atomic E-state index is 13.9. The molecule has 0 aliphatic carbocycles. The lowest BCUT2D eigenvalue weighted by Crippen LogP contribution is -2.37. The summed E-state index contributed by atoms with van der Waals surface area (Å²) in [5.41, 5.74) is 0.990. The molecule has 0 saturated carbocycles. The van der Waals surface area contributed by atoms with E-state index in [4.69, 9.17) is 14.3 Å². The summed E-state index contributed by atoms with van der Waals surface area (Å²) in [5, 5.41) is 3.54. The topological polar surface area (TPSA) is 102 Å². The van der Waals surface area contributed by atoms with Gasteiger partial charge in [-0.15, -0.1) is 22.7 Å². The first kappa shape index (κ1) is 24.2. The monoisotopic (exact) mass is 526 g/mol. The van der Waals surface area contributed by atoms with E-state index in [9.17, 15) is 19.2 Å². The molecule has 4 heterocycles. The number of anilines is 2. The lowest BCUT2D eigenvalue weighted by Gasteiger charge is -2.27. The zero-order valence-electron chi connectivity index (χ0n) is 19.6. The predicted octanol–water partition coefficient (Wildman–Crippen LogP) is 4.13. The largest absolute Gasteiger partial charge is 0.465 e. The van der Waals surface area contributed by atoms with Crippen LogP contribution in [-0.2, 0) is 23.9 Å². The number of hydrogen-bond donors (Lipinski definition) is 0. The van der Waals surface area contributed by atoms with Crippen molar-refractivity contribution in [1.29, 1.82) is 0 Å². The van der Waals surface area contributed by atoms with Gasteiger partial charge in [0.1, 0.15) is 21.8 Å². The number of para-hydroxylation sites is 1. The van der Waals surface area contributed by atoms with E-state index in [1.807, 2.05) is 47.8 Å². The Morgan fingerprint density at radius 2 is 1.81 bits per heavy atom. The maximum atomic E-state index is 13.9. The molecule has 0 radical (unpaired) electrons. The van der Waals surface area contributed by atoms with Crippen molar-refractivity contribution >= 4 is 57.1 Å². The van der Waals surface area contributed by atoms with E-state index in [2.05, 4.69) is 0 Å². The van der Waals surface area contributed by atoms with Gasteiger partial charge in [-0.1, -0.05) is 24.3 Å². The normalized spacial score (nSPS) is 21.1. The van der Waals surface area contributed by atoms with Gasteiger partial charge in [-0.05, 0) is 43.0 Å². The van der Waals surface area contributed by atoms with E-state index in [0.29, 0.717) is 11.3 Å². The van der Waals surface area contributed by atoms with E-state index < -0.39 is 41.8 Å². The molecule has 2 aliphatic rings. The number of hydroxylamine groups is 1. The summed E-state index contributed by atoms with van der Waals surface area (Å²) in [6.45, 7) is 3.36. The van der Waals surface area contributed by atoms with Crippen LogP contribution in [0.4, 0.5) is 10.7 Å². The van der Waals surface area contributed by atoms with Gasteiger partial charge < -0.3 is 9.47 Å². The number of thiophene rings is 2. The molecule has 0 unspecified atom stereocenters. The first-order valence-corrected chi connectivity index (χ1v) is 12.9. The smallest absolute Gasteiger partial charge is 0.348 e. The Hall–Kier alpha value is -3.54. The molecule has 5 rings (SSSR count). The average Bonchev–Trinajstić information content (AvgIpc) is 3.64. The third kappa shape index (κ3) is 3.71. The van der Waals surface area contributed by atoms with Crippen molar-refractivity contribution in [3.05, 3.63) is 68.7 Å². The van der Waals surface area contributed by atoms with Crippen LogP contribution in [0.2, 0.25) is 0 Å². The minimum Gasteiger partial charge on any atom is -0.465 e. The van der Waals surface area contributed by atoms with Gasteiger partial charge in [0.25, 0.3) is 5.91 Å². The Morgan fingerprint density at radius 1 is 1.06 bits per heavy atom. The maximum Gasteiger partial charge on any atom is 0.348 e. The molecule has 2 amide bonds. The fourth-order valence-corrected chi connectivity index (χ4v) is 6.60. The lowest BCUT2D eigenvalue weighted by molar-refractivity contribution is -0.126. The van der Waals surface area contributed by atoms with Crippen molar-refractivity contribution in [2.24, 2.45) is 5.92 Å². The van der Waals surface area contributed by atoms with E-state index in [-0.39, 0.29) is 22.0 Å². The number of rotatable bonds is 6. The fraction of sp³-hybridized carbons (Fsp3) is 0.280. The van der Waals surface area contributed by atoms with Gasteiger partial charge in [-0.2, -0.15) is 0 Å². The third-order valence-corrected chi connectivity index (χ3v) is 8.34. The number of nitrogens with zero attached hydrogens (tertiary/aromatic N) is 2. The van der Waals surface area contributed by atoms with Gasteiger partial charge in [-0.25, -0.2) is 19.6 Å². The first-order chi connectivity index (χ1) is 17.4. The number of carbonyl (C=O) groups is 4. The van der Waals surface area contributed by atoms with Gasteiger partial charge >= 0.3 is 11.9 Å². The van der Waals surface area contributed by atoms with E-state index >= 15 is 0 Å². The number of amides is 2. The zero-order chi connectivity index (χ0) is 25.6. The Morgan fingerprint density at radius 3 is 2.44 bits per heavy atom. The summed E-state index contributed by atoms with van der Waals surface area (Å²) in [4.78, 5) is 60.9. The molecular formula is C25H22N2O7S2. The third-order valence-electron chi connectivity index (χ3n) is 6.14. The number of imide groups is 1. The Bertz CT molecular complexity index is 1340. The van der Waals surface area contributed by atoms with Crippen LogP contribution in [0.5, 0.6) is 0 Å². The van der Waals surface area contributed by atoms with Crippen LogP contribution < -0.4 is 9.96 Å². The summed E-state index contributed by atoms with van der Waals surface area (Å²) in [6.07, 6.45) is -1.09. The van der Waals surface area contributed by atoms with Crippen LogP contribution in [0.15, 0.2) is 47.8 Å². The highest BCUT2D eigenvalue weighted by Crippen LogP contribution is 2.50. The van der Waals surface area contributed by atoms with Gasteiger partial charge in [0, 0.05) is 4.88 Å². The van der Waals surface area contributed by atoms with Crippen LogP contribution in [-0.4, -0.2) is 43.6 Å². The molecule has 36 heavy (non-hydrogen) atoms. The zero-order valence-corrected chi connectivity index (χ0v) is 21.3. The lowest BCUT2D eigenvalue weighted by atomic mass is 9.95. The highest BCUT2D eigenvalue weighted by atomic mass is 32.1. The minimum absolute atomic E-state index is 0.0141. The Balaban J connectivity index is 1.59.